The van der Waals surface area contributed by atoms with Crippen LogP contribution in [0.4, 0.5) is 5.69 Å². The van der Waals surface area contributed by atoms with Crippen LogP contribution < -0.4 is 14.2 Å². The Morgan fingerprint density at radius 3 is 2.55 bits per heavy atom. The van der Waals surface area contributed by atoms with Crippen molar-refractivity contribution in [1.82, 2.24) is 0 Å². The molecule has 0 saturated carbocycles. The Morgan fingerprint density at radius 1 is 1.03 bits per heavy atom. The molecule has 0 fully saturated rings. The van der Waals surface area contributed by atoms with Gasteiger partial charge in [0.15, 0.2) is 5.76 Å². The summed E-state index contributed by atoms with van der Waals surface area (Å²) in [5.74, 6) is 1.64. The molecule has 1 aliphatic heterocycles. The van der Waals surface area contributed by atoms with E-state index in [4.69, 9.17) is 14.2 Å². The highest BCUT2D eigenvalue weighted by Gasteiger charge is 2.28. The topological polar surface area (TPSA) is 87.9 Å². The van der Waals surface area contributed by atoms with E-state index in [1.165, 1.54) is 12.1 Å². The maximum Gasteiger partial charge on any atom is 0.269 e. The number of para-hydroxylation sites is 1. The van der Waals surface area contributed by atoms with Crippen LogP contribution in [0.3, 0.4) is 0 Å². The number of allylic oxidation sites excluding steroid dienone is 1. The summed E-state index contributed by atoms with van der Waals surface area (Å²) in [4.78, 5) is 23.0. The first kappa shape index (κ1) is 20.2. The number of ketones is 1. The van der Waals surface area contributed by atoms with Gasteiger partial charge in [-0.1, -0.05) is 18.2 Å². The third-order valence-corrected chi connectivity index (χ3v) is 4.70. The Labute approximate surface area is 178 Å². The lowest BCUT2D eigenvalue weighted by Gasteiger charge is -2.08. The number of nitro benzene ring substituents is 1. The van der Waals surface area contributed by atoms with Crippen molar-refractivity contribution in [3.05, 3.63) is 99.3 Å². The third kappa shape index (κ3) is 4.40. The zero-order valence-corrected chi connectivity index (χ0v) is 16.7. The second-order valence-corrected chi connectivity index (χ2v) is 6.78. The number of nitro groups is 1. The third-order valence-electron chi connectivity index (χ3n) is 4.70. The van der Waals surface area contributed by atoms with Gasteiger partial charge in [0, 0.05) is 23.8 Å². The van der Waals surface area contributed by atoms with E-state index < -0.39 is 4.92 Å². The molecule has 7 heteroatoms. The van der Waals surface area contributed by atoms with E-state index >= 15 is 0 Å². The van der Waals surface area contributed by atoms with E-state index in [1.807, 2.05) is 31.2 Å². The number of hydrogen-bond acceptors (Lipinski definition) is 6. The van der Waals surface area contributed by atoms with Crippen LogP contribution in [0.25, 0.3) is 6.08 Å². The number of carbonyl (C=O) groups is 1. The molecule has 7 nitrogen and oxygen atoms in total. The molecule has 0 saturated heterocycles. The van der Waals surface area contributed by atoms with Crippen molar-refractivity contribution in [3.8, 4) is 17.2 Å². The van der Waals surface area contributed by atoms with Gasteiger partial charge in [0.05, 0.1) is 17.1 Å². The molecule has 3 aromatic rings. The van der Waals surface area contributed by atoms with Crippen LogP contribution >= 0.6 is 0 Å². The molecule has 0 spiro atoms. The molecule has 1 heterocycles. The number of nitrogens with zero attached hydrogens (tertiary/aromatic N) is 1. The van der Waals surface area contributed by atoms with Crippen LogP contribution in [0, 0.1) is 10.1 Å². The van der Waals surface area contributed by atoms with E-state index in [1.54, 1.807) is 36.4 Å². The first-order valence-electron chi connectivity index (χ1n) is 9.71. The Hall–Kier alpha value is -4.13. The Morgan fingerprint density at radius 2 is 1.81 bits per heavy atom. The predicted octanol–water partition coefficient (Wildman–Crippen LogP) is 5.19. The van der Waals surface area contributed by atoms with E-state index in [9.17, 15) is 14.9 Å². The van der Waals surface area contributed by atoms with Gasteiger partial charge in [0.25, 0.3) is 5.69 Å². The molecule has 0 aromatic heterocycles. The summed E-state index contributed by atoms with van der Waals surface area (Å²) in [6.45, 7) is 2.65. The summed E-state index contributed by atoms with van der Waals surface area (Å²) in [5, 5.41) is 10.7. The molecule has 0 bridgehead atoms. The van der Waals surface area contributed by atoms with Crippen LogP contribution in [-0.2, 0) is 6.61 Å². The average Bonchev–Trinajstić information content (AvgIpc) is 3.08. The number of rotatable bonds is 7. The monoisotopic (exact) mass is 417 g/mol. The fourth-order valence-electron chi connectivity index (χ4n) is 3.17. The Kier molecular flexibility index (Phi) is 5.66. The first-order chi connectivity index (χ1) is 15.0. The molecule has 0 radical (unpaired) electrons. The van der Waals surface area contributed by atoms with Crippen molar-refractivity contribution >= 4 is 17.5 Å². The molecule has 156 valence electrons. The number of fused-ring (bicyclic) bond motifs is 1. The lowest BCUT2D eigenvalue weighted by Crippen LogP contribution is -1.99. The second kappa shape index (κ2) is 8.71. The molecule has 3 aromatic carbocycles. The average molecular weight is 417 g/mol. The largest absolute Gasteiger partial charge is 0.493 e. The van der Waals surface area contributed by atoms with Crippen LogP contribution in [0.1, 0.15) is 28.4 Å². The lowest BCUT2D eigenvalue weighted by molar-refractivity contribution is -0.384. The number of ether oxygens (including phenoxy) is 3. The number of carbonyl (C=O) groups excluding carboxylic acids is 1. The Balaban J connectivity index is 1.49. The highest BCUT2D eigenvalue weighted by Crippen LogP contribution is 2.36. The van der Waals surface area contributed by atoms with Gasteiger partial charge in [-0.25, -0.2) is 0 Å². The second-order valence-electron chi connectivity index (χ2n) is 6.78. The highest BCUT2D eigenvalue weighted by molar-refractivity contribution is 6.14. The zero-order chi connectivity index (χ0) is 21.8. The van der Waals surface area contributed by atoms with Crippen LogP contribution in [0.2, 0.25) is 0 Å². The quantitative estimate of drug-likeness (QED) is 0.299. The fourth-order valence-corrected chi connectivity index (χ4v) is 3.17. The van der Waals surface area contributed by atoms with Gasteiger partial charge in [-0.05, 0) is 48.9 Å². The molecule has 0 amide bonds. The SMILES string of the molecule is CCOc1ccccc1C=C1Oc2cc(OCc3ccc([N+](=O)[O-])cc3)ccc2C1=O. The van der Waals surface area contributed by atoms with Gasteiger partial charge < -0.3 is 14.2 Å². The Bertz CT molecular complexity index is 1170. The summed E-state index contributed by atoms with van der Waals surface area (Å²) >= 11 is 0. The molecule has 1 aliphatic rings. The number of non-ortho nitro benzene ring substituents is 1. The van der Waals surface area contributed by atoms with Crippen molar-refractivity contribution < 1.29 is 23.9 Å². The van der Waals surface area contributed by atoms with E-state index in [0.717, 1.165) is 11.1 Å². The predicted molar refractivity (Wildman–Crippen MR) is 114 cm³/mol. The van der Waals surface area contributed by atoms with E-state index in [-0.39, 0.29) is 23.8 Å². The minimum atomic E-state index is -0.447. The van der Waals surface area contributed by atoms with Gasteiger partial charge in [-0.2, -0.15) is 0 Å². The lowest BCUT2D eigenvalue weighted by atomic mass is 10.1. The summed E-state index contributed by atoms with van der Waals surface area (Å²) in [7, 11) is 0. The highest BCUT2D eigenvalue weighted by atomic mass is 16.6. The summed E-state index contributed by atoms with van der Waals surface area (Å²) < 4.78 is 17.2. The first-order valence-corrected chi connectivity index (χ1v) is 9.71. The maximum atomic E-state index is 12.7. The van der Waals surface area contributed by atoms with Crippen LogP contribution in [0.5, 0.6) is 17.2 Å². The van der Waals surface area contributed by atoms with Crippen molar-refractivity contribution in [1.29, 1.82) is 0 Å². The van der Waals surface area contributed by atoms with Gasteiger partial charge in [0.1, 0.15) is 23.9 Å². The molecule has 0 unspecified atom stereocenters. The van der Waals surface area contributed by atoms with Gasteiger partial charge in [-0.15, -0.1) is 0 Å². The van der Waals surface area contributed by atoms with Crippen molar-refractivity contribution in [2.45, 2.75) is 13.5 Å². The van der Waals surface area contributed by atoms with Gasteiger partial charge in [0.2, 0.25) is 5.78 Å². The molecule has 0 atom stereocenters. The smallest absolute Gasteiger partial charge is 0.269 e. The van der Waals surface area contributed by atoms with Crippen molar-refractivity contribution in [3.63, 3.8) is 0 Å². The molecule has 0 N–H and O–H groups in total. The van der Waals surface area contributed by atoms with Gasteiger partial charge in [-0.3, -0.25) is 14.9 Å². The maximum absolute atomic E-state index is 12.7. The summed E-state index contributed by atoms with van der Waals surface area (Å²) in [6.07, 6.45) is 1.67. The number of hydrogen-bond donors (Lipinski definition) is 0. The zero-order valence-electron chi connectivity index (χ0n) is 16.7. The van der Waals surface area contributed by atoms with E-state index in [2.05, 4.69) is 0 Å². The number of Topliss-reactive ketones (excluding diaryl/α,β-unsaturated/α-hetero) is 1. The van der Waals surface area contributed by atoms with Crippen LogP contribution in [0.15, 0.2) is 72.5 Å². The van der Waals surface area contributed by atoms with E-state index in [0.29, 0.717) is 29.4 Å². The van der Waals surface area contributed by atoms with Crippen molar-refractivity contribution in [2.24, 2.45) is 0 Å². The molecule has 0 aliphatic carbocycles. The molecular formula is C24H19NO6. The molecular weight excluding hydrogens is 398 g/mol. The molecule has 31 heavy (non-hydrogen) atoms. The van der Waals surface area contributed by atoms with Gasteiger partial charge >= 0.3 is 0 Å². The molecule has 4 rings (SSSR count). The summed E-state index contributed by atoms with van der Waals surface area (Å²) in [6, 6.07) is 18.6. The van der Waals surface area contributed by atoms with Crippen molar-refractivity contribution in [2.75, 3.05) is 6.61 Å². The fraction of sp³-hybridized carbons (Fsp3) is 0.125. The minimum Gasteiger partial charge on any atom is -0.493 e. The standard InChI is InChI=1S/C24H19NO6/c1-2-29-21-6-4-3-5-17(21)13-23-24(26)20-12-11-19(14-22(20)31-23)30-15-16-7-9-18(10-8-16)25(27)28/h3-14H,2,15H2,1H3. The normalized spacial score (nSPS) is 13.6. The minimum absolute atomic E-state index is 0.0263. The van der Waals surface area contributed by atoms with Crippen LogP contribution in [-0.4, -0.2) is 17.3 Å². The summed E-state index contributed by atoms with van der Waals surface area (Å²) in [5.41, 5.74) is 2.03. The number of benzene rings is 3.